The minimum Gasteiger partial charge on any atom is -0.339 e. The van der Waals surface area contributed by atoms with Crippen LogP contribution in [0.1, 0.15) is 5.56 Å². The lowest BCUT2D eigenvalue weighted by atomic mass is 10.2. The first-order valence-corrected chi connectivity index (χ1v) is 8.06. The summed E-state index contributed by atoms with van der Waals surface area (Å²) in [5.74, 6) is -0.137. The second kappa shape index (κ2) is 9.84. The fraction of sp³-hybridized carbons (Fsp3) is 0.500. The molecule has 1 saturated heterocycles. The molecule has 1 fully saturated rings. The van der Waals surface area contributed by atoms with Crippen LogP contribution in [0.2, 0.25) is 5.02 Å². The van der Waals surface area contributed by atoms with Gasteiger partial charge in [0.2, 0.25) is 11.8 Å². The van der Waals surface area contributed by atoms with E-state index in [2.05, 4.69) is 10.6 Å². The van der Waals surface area contributed by atoms with Gasteiger partial charge in [0.25, 0.3) is 0 Å². The van der Waals surface area contributed by atoms with Crippen molar-refractivity contribution in [1.29, 1.82) is 0 Å². The van der Waals surface area contributed by atoms with E-state index >= 15 is 0 Å². The van der Waals surface area contributed by atoms with Crippen LogP contribution in [0.4, 0.5) is 5.69 Å². The topological polar surface area (TPSA) is 64.7 Å². The number of likely N-dealkylation sites (N-methyl/N-ethyl adjacent to an activating group) is 1. The lowest BCUT2D eigenvalue weighted by Crippen LogP contribution is -2.49. The number of anilines is 1. The average molecular weight is 375 g/mol. The van der Waals surface area contributed by atoms with Gasteiger partial charge in [-0.1, -0.05) is 17.7 Å². The quantitative estimate of drug-likeness (QED) is 0.816. The minimum atomic E-state index is -0.189. The molecule has 0 unspecified atom stereocenters. The summed E-state index contributed by atoms with van der Waals surface area (Å²) in [6.45, 7) is 5.39. The molecule has 24 heavy (non-hydrogen) atoms. The molecule has 1 aliphatic rings. The molecule has 0 aromatic heterocycles. The highest BCUT2D eigenvalue weighted by Crippen LogP contribution is 2.22. The number of amides is 2. The maximum absolute atomic E-state index is 12.1. The third kappa shape index (κ3) is 6.28. The number of rotatable bonds is 5. The molecular formula is C16H24Cl2N4O2. The van der Waals surface area contributed by atoms with Gasteiger partial charge in [-0.05, 0) is 31.7 Å². The van der Waals surface area contributed by atoms with E-state index in [4.69, 9.17) is 11.6 Å². The second-order valence-corrected chi connectivity index (χ2v) is 6.24. The van der Waals surface area contributed by atoms with Crippen molar-refractivity contribution >= 4 is 41.5 Å². The Balaban J connectivity index is 0.00000288. The summed E-state index contributed by atoms with van der Waals surface area (Å²) in [5.41, 5.74) is 1.62. The van der Waals surface area contributed by atoms with Crippen LogP contribution in [-0.4, -0.2) is 67.9 Å². The van der Waals surface area contributed by atoms with Crippen molar-refractivity contribution in [2.45, 2.75) is 6.92 Å². The Morgan fingerprint density at radius 2 is 1.96 bits per heavy atom. The minimum absolute atomic E-state index is 0. The predicted octanol–water partition coefficient (Wildman–Crippen LogP) is 1.37. The van der Waals surface area contributed by atoms with Gasteiger partial charge in [0.05, 0.1) is 23.8 Å². The Labute approximate surface area is 153 Å². The molecule has 1 aliphatic heterocycles. The molecule has 134 valence electrons. The Hall–Kier alpha value is -1.34. The molecule has 2 amide bonds. The van der Waals surface area contributed by atoms with Gasteiger partial charge in [0.1, 0.15) is 0 Å². The van der Waals surface area contributed by atoms with Gasteiger partial charge in [-0.3, -0.25) is 14.5 Å². The van der Waals surface area contributed by atoms with Gasteiger partial charge in [-0.15, -0.1) is 12.4 Å². The summed E-state index contributed by atoms with van der Waals surface area (Å²) in [6.07, 6.45) is 0. The third-order valence-electron chi connectivity index (χ3n) is 3.69. The van der Waals surface area contributed by atoms with E-state index in [9.17, 15) is 9.59 Å². The van der Waals surface area contributed by atoms with Gasteiger partial charge < -0.3 is 15.5 Å². The summed E-state index contributed by atoms with van der Waals surface area (Å²) in [7, 11) is 1.76. The lowest BCUT2D eigenvalue weighted by Gasteiger charge is -2.29. The van der Waals surface area contributed by atoms with Gasteiger partial charge in [0.15, 0.2) is 0 Å². The third-order valence-corrected chi connectivity index (χ3v) is 4.00. The average Bonchev–Trinajstić information content (AvgIpc) is 2.50. The van der Waals surface area contributed by atoms with E-state index in [0.717, 1.165) is 31.7 Å². The van der Waals surface area contributed by atoms with E-state index in [0.29, 0.717) is 10.7 Å². The predicted molar refractivity (Wildman–Crippen MR) is 99.0 cm³/mol. The fourth-order valence-electron chi connectivity index (χ4n) is 2.46. The Morgan fingerprint density at radius 3 is 2.58 bits per heavy atom. The molecule has 6 nitrogen and oxygen atoms in total. The number of hydrogen-bond acceptors (Lipinski definition) is 4. The number of piperazine rings is 1. The molecule has 0 aliphatic carbocycles. The van der Waals surface area contributed by atoms with Crippen LogP contribution in [0.25, 0.3) is 0 Å². The summed E-state index contributed by atoms with van der Waals surface area (Å²) in [4.78, 5) is 27.7. The molecule has 0 spiro atoms. The molecule has 2 rings (SSSR count). The van der Waals surface area contributed by atoms with E-state index in [1.807, 2.05) is 17.9 Å². The number of nitrogens with zero attached hydrogens (tertiary/aromatic N) is 2. The van der Waals surface area contributed by atoms with Gasteiger partial charge >= 0.3 is 0 Å². The van der Waals surface area contributed by atoms with E-state index < -0.39 is 0 Å². The molecule has 0 saturated carbocycles. The van der Waals surface area contributed by atoms with E-state index in [1.54, 1.807) is 24.1 Å². The number of aryl methyl sites for hydroxylation is 1. The molecular weight excluding hydrogens is 351 g/mol. The van der Waals surface area contributed by atoms with Gasteiger partial charge in [-0.25, -0.2) is 0 Å². The Morgan fingerprint density at radius 1 is 1.29 bits per heavy atom. The maximum atomic E-state index is 12.1. The number of carbonyl (C=O) groups is 2. The summed E-state index contributed by atoms with van der Waals surface area (Å²) < 4.78 is 0. The number of nitrogens with one attached hydrogen (secondary N) is 2. The highest BCUT2D eigenvalue weighted by molar-refractivity contribution is 6.33. The second-order valence-electron chi connectivity index (χ2n) is 5.83. The van der Waals surface area contributed by atoms with Gasteiger partial charge in [-0.2, -0.15) is 0 Å². The first-order chi connectivity index (χ1) is 11.0. The monoisotopic (exact) mass is 374 g/mol. The number of benzene rings is 1. The molecule has 1 aromatic rings. The normalized spacial score (nSPS) is 14.2. The molecule has 0 atom stereocenters. The molecule has 0 radical (unpaired) electrons. The zero-order chi connectivity index (χ0) is 16.8. The zero-order valence-electron chi connectivity index (χ0n) is 14.0. The largest absolute Gasteiger partial charge is 0.339 e. The zero-order valence-corrected chi connectivity index (χ0v) is 15.5. The van der Waals surface area contributed by atoms with Crippen LogP contribution in [-0.2, 0) is 9.59 Å². The van der Waals surface area contributed by atoms with Crippen molar-refractivity contribution in [3.05, 3.63) is 28.8 Å². The van der Waals surface area contributed by atoms with Crippen molar-refractivity contribution in [3.8, 4) is 0 Å². The fourth-order valence-corrected chi connectivity index (χ4v) is 2.74. The van der Waals surface area contributed by atoms with Crippen molar-refractivity contribution in [2.24, 2.45) is 0 Å². The molecule has 1 aromatic carbocycles. The first-order valence-electron chi connectivity index (χ1n) is 7.69. The molecule has 0 bridgehead atoms. The van der Waals surface area contributed by atoms with Crippen LogP contribution in [0.3, 0.4) is 0 Å². The van der Waals surface area contributed by atoms with Gasteiger partial charge in [0, 0.05) is 26.2 Å². The number of hydrogen-bond donors (Lipinski definition) is 2. The standard InChI is InChI=1S/C16H23ClN4O2.ClH/c1-12-3-4-14(13(17)9-12)19-15(22)10-20(2)11-16(23)21-7-5-18-6-8-21;/h3-4,9,18H,5-8,10-11H2,1-2H3,(H,19,22);1H. The van der Waals surface area contributed by atoms with Crippen molar-refractivity contribution in [1.82, 2.24) is 15.1 Å². The molecule has 1 heterocycles. The van der Waals surface area contributed by atoms with Crippen LogP contribution in [0.15, 0.2) is 18.2 Å². The summed E-state index contributed by atoms with van der Waals surface area (Å²) in [6, 6.07) is 5.47. The number of carbonyl (C=O) groups excluding carboxylic acids is 2. The first kappa shape index (κ1) is 20.7. The van der Waals surface area contributed by atoms with Crippen molar-refractivity contribution < 1.29 is 9.59 Å². The molecule has 2 N–H and O–H groups in total. The molecule has 8 heteroatoms. The highest BCUT2D eigenvalue weighted by Gasteiger charge is 2.18. The Bertz CT molecular complexity index is 577. The van der Waals surface area contributed by atoms with E-state index in [-0.39, 0.29) is 37.3 Å². The maximum Gasteiger partial charge on any atom is 0.238 e. The highest BCUT2D eigenvalue weighted by atomic mass is 35.5. The number of halogens is 2. The van der Waals surface area contributed by atoms with E-state index in [1.165, 1.54) is 0 Å². The Kier molecular flexibility index (Phi) is 8.48. The summed E-state index contributed by atoms with van der Waals surface area (Å²) >= 11 is 6.10. The van der Waals surface area contributed by atoms with Crippen LogP contribution >= 0.6 is 24.0 Å². The summed E-state index contributed by atoms with van der Waals surface area (Å²) in [5, 5.41) is 6.49. The van der Waals surface area contributed by atoms with Crippen molar-refractivity contribution in [2.75, 3.05) is 51.6 Å². The van der Waals surface area contributed by atoms with Crippen LogP contribution in [0.5, 0.6) is 0 Å². The van der Waals surface area contributed by atoms with Crippen LogP contribution < -0.4 is 10.6 Å². The van der Waals surface area contributed by atoms with Crippen LogP contribution in [0, 0.1) is 6.92 Å². The lowest BCUT2D eigenvalue weighted by molar-refractivity contribution is -0.133. The smallest absolute Gasteiger partial charge is 0.238 e. The SMILES string of the molecule is Cc1ccc(NC(=O)CN(C)CC(=O)N2CCNCC2)c(Cl)c1.Cl. The van der Waals surface area contributed by atoms with Crippen molar-refractivity contribution in [3.63, 3.8) is 0 Å².